The molecule has 0 amide bonds. The number of nitrogens with zero attached hydrogens (tertiary/aromatic N) is 2. The second-order valence-electron chi connectivity index (χ2n) is 17.2. The van der Waals surface area contributed by atoms with Gasteiger partial charge in [-0.1, -0.05) is 152 Å². The third-order valence-electron chi connectivity index (χ3n) is 13.6. The van der Waals surface area contributed by atoms with Gasteiger partial charge in [-0.25, -0.2) is 0 Å². The van der Waals surface area contributed by atoms with Crippen LogP contribution in [0.2, 0.25) is 0 Å². The van der Waals surface area contributed by atoms with Gasteiger partial charge in [0, 0.05) is 65.8 Å². The van der Waals surface area contributed by atoms with Gasteiger partial charge in [-0.2, -0.15) is 0 Å². The largest absolute Gasteiger partial charge is 0.455 e. The number of anilines is 3. The Morgan fingerprint density at radius 2 is 0.773 bits per heavy atom. The number of para-hydroxylation sites is 2. The average Bonchev–Trinajstić information content (AvgIpc) is 4.07. The van der Waals surface area contributed by atoms with Crippen molar-refractivity contribution in [2.45, 2.75) is 0 Å². The first-order valence-corrected chi connectivity index (χ1v) is 22.5. The van der Waals surface area contributed by atoms with Crippen molar-refractivity contribution >= 4 is 104 Å². The fraction of sp³-hybridized carbons (Fsp3) is 0. The number of rotatable bonds is 6. The number of hydrogen-bond donors (Lipinski definition) is 0. The lowest BCUT2D eigenvalue weighted by Gasteiger charge is -2.26. The van der Waals surface area contributed by atoms with Crippen molar-refractivity contribution in [1.82, 2.24) is 4.57 Å². The zero-order valence-electron chi connectivity index (χ0n) is 35.7. The molecule has 0 aliphatic rings. The number of furan rings is 2. The topological polar surface area (TPSA) is 34.5 Å². The lowest BCUT2D eigenvalue weighted by Crippen LogP contribution is -2.10. The maximum Gasteiger partial charge on any atom is 0.143 e. The summed E-state index contributed by atoms with van der Waals surface area (Å²) in [5.41, 5.74) is 14.8. The molecule has 4 heteroatoms. The van der Waals surface area contributed by atoms with Crippen LogP contribution in [-0.2, 0) is 0 Å². The highest BCUT2D eigenvalue weighted by atomic mass is 16.3. The summed E-state index contributed by atoms with van der Waals surface area (Å²) >= 11 is 0. The molecule has 0 atom stereocenters. The van der Waals surface area contributed by atoms with E-state index in [4.69, 9.17) is 8.83 Å². The first kappa shape index (κ1) is 36.6. The van der Waals surface area contributed by atoms with E-state index in [1.165, 1.54) is 32.6 Å². The van der Waals surface area contributed by atoms with Crippen LogP contribution in [0.4, 0.5) is 17.1 Å². The Kier molecular flexibility index (Phi) is 7.95. The molecule has 0 spiro atoms. The fourth-order valence-electron chi connectivity index (χ4n) is 10.6. The van der Waals surface area contributed by atoms with Gasteiger partial charge in [0.05, 0.1) is 11.0 Å². The molecule has 0 radical (unpaired) electrons. The number of hydrogen-bond acceptors (Lipinski definition) is 3. The van der Waals surface area contributed by atoms with Crippen molar-refractivity contribution in [1.29, 1.82) is 0 Å². The van der Waals surface area contributed by atoms with Crippen LogP contribution in [0, 0.1) is 0 Å². The van der Waals surface area contributed by atoms with E-state index in [2.05, 4.69) is 240 Å². The summed E-state index contributed by atoms with van der Waals surface area (Å²) in [6.45, 7) is 0. The van der Waals surface area contributed by atoms with E-state index in [0.29, 0.717) is 0 Å². The number of aromatic nitrogens is 1. The third-order valence-corrected chi connectivity index (χ3v) is 13.6. The SMILES string of the molecule is c1cc(N(c2ccc(-c3cccc4oc5c6ccccc6ccc5c34)cc2)c2ccc(-c3cccc4oc5c6ccccc6ccc5c34)cc2)cc(-n2c3ccccc3c3ccccc32)c1. The van der Waals surface area contributed by atoms with Gasteiger partial charge in [-0.05, 0) is 112 Å². The molecule has 3 heterocycles. The van der Waals surface area contributed by atoms with Crippen LogP contribution in [-0.4, -0.2) is 4.57 Å². The van der Waals surface area contributed by atoms with Gasteiger partial charge < -0.3 is 18.3 Å². The summed E-state index contributed by atoms with van der Waals surface area (Å²) in [4.78, 5) is 2.37. The zero-order valence-corrected chi connectivity index (χ0v) is 35.7. The van der Waals surface area contributed by atoms with Crippen LogP contribution in [0.15, 0.2) is 239 Å². The lowest BCUT2D eigenvalue weighted by molar-refractivity contribution is 0.672. The van der Waals surface area contributed by atoms with Gasteiger partial charge in [0.1, 0.15) is 22.3 Å². The molecule has 3 aromatic heterocycles. The molecule has 14 aromatic rings. The fourth-order valence-corrected chi connectivity index (χ4v) is 10.6. The number of fused-ring (bicyclic) bond motifs is 13. The van der Waals surface area contributed by atoms with Gasteiger partial charge in [0.15, 0.2) is 0 Å². The minimum absolute atomic E-state index is 0.888. The van der Waals surface area contributed by atoms with Crippen LogP contribution in [0.3, 0.4) is 0 Å². The summed E-state index contributed by atoms with van der Waals surface area (Å²) in [7, 11) is 0. The average molecular weight is 843 g/mol. The second-order valence-corrected chi connectivity index (χ2v) is 17.2. The predicted octanol–water partition coefficient (Wildman–Crippen LogP) is 17.7. The monoisotopic (exact) mass is 842 g/mol. The normalized spacial score (nSPS) is 11.9. The molecule has 4 nitrogen and oxygen atoms in total. The van der Waals surface area contributed by atoms with Crippen LogP contribution < -0.4 is 4.90 Å². The van der Waals surface area contributed by atoms with E-state index in [1.54, 1.807) is 0 Å². The van der Waals surface area contributed by atoms with Crippen LogP contribution in [0.5, 0.6) is 0 Å². The molecule has 0 saturated heterocycles. The van der Waals surface area contributed by atoms with Crippen LogP contribution in [0.25, 0.3) is 115 Å². The second kappa shape index (κ2) is 14.3. The van der Waals surface area contributed by atoms with Gasteiger partial charge in [-0.3, -0.25) is 0 Å². The highest BCUT2D eigenvalue weighted by molar-refractivity contribution is 6.20. The van der Waals surface area contributed by atoms with E-state index >= 15 is 0 Å². The van der Waals surface area contributed by atoms with E-state index in [0.717, 1.165) is 99.7 Å². The Labute approximate surface area is 379 Å². The summed E-state index contributed by atoms with van der Waals surface area (Å²) in [6.07, 6.45) is 0. The van der Waals surface area contributed by atoms with Crippen molar-refractivity contribution < 1.29 is 8.83 Å². The van der Waals surface area contributed by atoms with Crippen LogP contribution in [0.1, 0.15) is 0 Å². The van der Waals surface area contributed by atoms with E-state index in [-0.39, 0.29) is 0 Å². The molecular formula is C62H38N2O2. The quantitative estimate of drug-likeness (QED) is 0.167. The minimum Gasteiger partial charge on any atom is -0.455 e. The summed E-state index contributed by atoms with van der Waals surface area (Å²) in [6, 6.07) is 82.7. The minimum atomic E-state index is 0.888. The summed E-state index contributed by atoms with van der Waals surface area (Å²) < 4.78 is 15.6. The Bertz CT molecular complexity index is 3980. The molecule has 14 rings (SSSR count). The van der Waals surface area contributed by atoms with E-state index in [1.807, 2.05) is 0 Å². The molecule has 11 aromatic carbocycles. The van der Waals surface area contributed by atoms with Crippen molar-refractivity contribution in [3.05, 3.63) is 231 Å². The first-order valence-electron chi connectivity index (χ1n) is 22.5. The lowest BCUT2D eigenvalue weighted by atomic mass is 9.97. The van der Waals surface area contributed by atoms with Gasteiger partial charge in [0.25, 0.3) is 0 Å². The molecule has 66 heavy (non-hydrogen) atoms. The van der Waals surface area contributed by atoms with Crippen molar-refractivity contribution in [2.75, 3.05) is 4.90 Å². The maximum absolute atomic E-state index is 6.58. The smallest absolute Gasteiger partial charge is 0.143 e. The summed E-state index contributed by atoms with van der Waals surface area (Å²) in [5.74, 6) is 0. The molecule has 0 aliphatic carbocycles. The molecule has 0 unspecified atom stereocenters. The number of benzene rings is 11. The predicted molar refractivity (Wildman–Crippen MR) is 276 cm³/mol. The van der Waals surface area contributed by atoms with Crippen molar-refractivity contribution in [3.8, 4) is 27.9 Å². The highest BCUT2D eigenvalue weighted by Gasteiger charge is 2.20. The van der Waals surface area contributed by atoms with Crippen molar-refractivity contribution in [3.63, 3.8) is 0 Å². The summed E-state index contributed by atoms with van der Waals surface area (Å²) in [5, 5.41) is 11.6. The molecule has 0 fully saturated rings. The maximum atomic E-state index is 6.58. The van der Waals surface area contributed by atoms with Gasteiger partial charge in [-0.15, -0.1) is 0 Å². The Hall–Kier alpha value is -8.86. The highest BCUT2D eigenvalue weighted by Crippen LogP contribution is 2.44. The molecule has 0 N–H and O–H groups in total. The zero-order chi connectivity index (χ0) is 43.3. The Morgan fingerprint density at radius 1 is 0.318 bits per heavy atom. The standard InChI is InChI=1S/C62H38N2O2/c1-3-16-49-39(12-1)30-36-53-59-47(20-10-24-57(59)65-61(49)53)41-26-32-43(33-27-41)63(45-14-9-15-46(38-45)64-55-22-7-5-18-51(55)52-19-6-8-23-56(52)64)44-34-28-42(29-35-44)48-21-11-25-58-60(48)54-37-31-40-13-2-4-17-50(40)62(54)66-58/h1-38H. The van der Waals surface area contributed by atoms with Gasteiger partial charge in [0.2, 0.25) is 0 Å². The molecule has 0 saturated carbocycles. The Morgan fingerprint density at radius 3 is 1.29 bits per heavy atom. The first-order chi connectivity index (χ1) is 32.7. The molecule has 0 aliphatic heterocycles. The van der Waals surface area contributed by atoms with Gasteiger partial charge >= 0.3 is 0 Å². The van der Waals surface area contributed by atoms with Crippen molar-refractivity contribution in [2.24, 2.45) is 0 Å². The van der Waals surface area contributed by atoms with E-state index in [9.17, 15) is 0 Å². The Balaban J connectivity index is 0.917. The van der Waals surface area contributed by atoms with Crippen LogP contribution >= 0.6 is 0 Å². The molecular weight excluding hydrogens is 805 g/mol. The molecule has 0 bridgehead atoms. The third kappa shape index (κ3) is 5.52. The van der Waals surface area contributed by atoms with E-state index < -0.39 is 0 Å². The molecule has 308 valence electrons.